The number of nitrogens with two attached hydrogens (primary N) is 1. The average molecular weight is 302 g/mol. The lowest BCUT2D eigenvalue weighted by atomic mass is 9.86. The van der Waals surface area contributed by atoms with E-state index in [-0.39, 0.29) is 24.3 Å². The highest BCUT2D eigenvalue weighted by atomic mass is 32.2. The molecule has 4 N–H and O–H groups in total. The Kier molecular flexibility index (Phi) is 4.62. The normalized spacial score (nSPS) is 23.7. The highest BCUT2D eigenvalue weighted by Crippen LogP contribution is 2.26. The van der Waals surface area contributed by atoms with Gasteiger partial charge in [0.05, 0.1) is 0 Å². The summed E-state index contributed by atoms with van der Waals surface area (Å²) >= 11 is 0. The minimum absolute atomic E-state index is 0.0768. The minimum Gasteiger partial charge on any atom is -0.399 e. The molecule has 5 nitrogen and oxygen atoms in total. The number of nitrogen functional groups attached to an aromatic ring is 1. The molecule has 1 aliphatic rings. The van der Waals surface area contributed by atoms with Gasteiger partial charge in [-0.2, -0.15) is 0 Å². The monoisotopic (exact) mass is 302 g/mol. The minimum atomic E-state index is -3.97. The van der Waals surface area contributed by atoms with E-state index in [1.807, 2.05) is 0 Å². The second-order valence-corrected chi connectivity index (χ2v) is 6.83. The zero-order valence-corrected chi connectivity index (χ0v) is 11.9. The van der Waals surface area contributed by atoms with E-state index >= 15 is 0 Å². The van der Waals surface area contributed by atoms with Gasteiger partial charge in [0.25, 0.3) is 0 Å². The highest BCUT2D eigenvalue weighted by Gasteiger charge is 2.30. The first-order valence-electron chi connectivity index (χ1n) is 6.62. The van der Waals surface area contributed by atoms with Crippen LogP contribution in [0, 0.1) is 11.7 Å². The van der Waals surface area contributed by atoms with Crippen LogP contribution in [0.15, 0.2) is 23.1 Å². The first kappa shape index (κ1) is 15.2. The molecule has 0 saturated heterocycles. The molecular weight excluding hydrogens is 283 g/mol. The Morgan fingerprint density at radius 3 is 2.75 bits per heavy atom. The molecule has 1 aromatic carbocycles. The molecule has 112 valence electrons. The fourth-order valence-electron chi connectivity index (χ4n) is 2.57. The quantitative estimate of drug-likeness (QED) is 0.730. The molecule has 0 amide bonds. The van der Waals surface area contributed by atoms with Crippen LogP contribution in [0.3, 0.4) is 0 Å². The van der Waals surface area contributed by atoms with Gasteiger partial charge < -0.3 is 10.8 Å². The van der Waals surface area contributed by atoms with Crippen molar-refractivity contribution in [2.45, 2.75) is 36.6 Å². The van der Waals surface area contributed by atoms with Crippen molar-refractivity contribution in [3.63, 3.8) is 0 Å². The second-order valence-electron chi connectivity index (χ2n) is 5.14. The Bertz CT molecular complexity index is 577. The van der Waals surface area contributed by atoms with Gasteiger partial charge in [-0.25, -0.2) is 17.5 Å². The van der Waals surface area contributed by atoms with Crippen molar-refractivity contribution < 1.29 is 17.9 Å². The van der Waals surface area contributed by atoms with Crippen LogP contribution in [0.4, 0.5) is 10.1 Å². The summed E-state index contributed by atoms with van der Waals surface area (Å²) in [6.45, 7) is -0.0768. The number of benzene rings is 1. The molecule has 0 aromatic heterocycles. The van der Waals surface area contributed by atoms with E-state index in [0.29, 0.717) is 6.42 Å². The third kappa shape index (κ3) is 3.28. The lowest BCUT2D eigenvalue weighted by Crippen LogP contribution is -2.43. The van der Waals surface area contributed by atoms with E-state index in [1.165, 1.54) is 6.07 Å². The molecule has 0 bridgehead atoms. The summed E-state index contributed by atoms with van der Waals surface area (Å²) in [7, 11) is -3.97. The van der Waals surface area contributed by atoms with Gasteiger partial charge in [-0.3, -0.25) is 0 Å². The van der Waals surface area contributed by atoms with E-state index in [9.17, 15) is 17.9 Å². The number of anilines is 1. The van der Waals surface area contributed by atoms with Crippen molar-refractivity contribution in [2.24, 2.45) is 5.92 Å². The number of rotatable bonds is 4. The number of nitrogens with one attached hydrogen (secondary N) is 1. The first-order chi connectivity index (χ1) is 9.44. The summed E-state index contributed by atoms with van der Waals surface area (Å²) < 4.78 is 40.7. The summed E-state index contributed by atoms with van der Waals surface area (Å²) in [4.78, 5) is -0.445. The molecule has 2 rings (SSSR count). The van der Waals surface area contributed by atoms with Gasteiger partial charge in [-0.05, 0) is 37.0 Å². The van der Waals surface area contributed by atoms with Crippen LogP contribution in [0.2, 0.25) is 0 Å². The van der Waals surface area contributed by atoms with Gasteiger partial charge in [-0.15, -0.1) is 0 Å². The Labute approximate surface area is 118 Å². The molecule has 20 heavy (non-hydrogen) atoms. The maximum atomic E-state index is 13.7. The lowest BCUT2D eigenvalue weighted by molar-refractivity contribution is 0.164. The molecule has 2 atom stereocenters. The van der Waals surface area contributed by atoms with E-state index in [0.717, 1.165) is 31.4 Å². The van der Waals surface area contributed by atoms with Gasteiger partial charge in [0, 0.05) is 18.3 Å². The summed E-state index contributed by atoms with van der Waals surface area (Å²) in [5, 5.41) is 9.30. The van der Waals surface area contributed by atoms with Crippen molar-refractivity contribution in [1.29, 1.82) is 0 Å². The summed E-state index contributed by atoms with van der Waals surface area (Å²) in [6.07, 6.45) is 3.27. The maximum Gasteiger partial charge on any atom is 0.243 e. The van der Waals surface area contributed by atoms with Crippen molar-refractivity contribution in [3.05, 3.63) is 24.0 Å². The summed E-state index contributed by atoms with van der Waals surface area (Å²) in [5.74, 6) is -0.953. The molecule has 0 radical (unpaired) electrons. The Balaban J connectivity index is 2.24. The Morgan fingerprint density at radius 1 is 1.35 bits per heavy atom. The first-order valence-corrected chi connectivity index (χ1v) is 8.10. The van der Waals surface area contributed by atoms with Crippen LogP contribution >= 0.6 is 0 Å². The summed E-state index contributed by atoms with van der Waals surface area (Å²) in [5.41, 5.74) is 5.70. The molecule has 0 aliphatic heterocycles. The molecule has 1 aliphatic carbocycles. The molecule has 1 fully saturated rings. The predicted molar refractivity (Wildman–Crippen MR) is 74.0 cm³/mol. The molecule has 7 heteroatoms. The van der Waals surface area contributed by atoms with E-state index < -0.39 is 20.7 Å². The zero-order chi connectivity index (χ0) is 14.8. The number of hydrogen-bond donors (Lipinski definition) is 3. The third-order valence-corrected chi connectivity index (χ3v) is 5.20. The van der Waals surface area contributed by atoms with E-state index in [1.54, 1.807) is 0 Å². The largest absolute Gasteiger partial charge is 0.399 e. The molecule has 0 heterocycles. The highest BCUT2D eigenvalue weighted by molar-refractivity contribution is 7.89. The van der Waals surface area contributed by atoms with Crippen molar-refractivity contribution in [3.8, 4) is 0 Å². The smallest absolute Gasteiger partial charge is 0.243 e. The van der Waals surface area contributed by atoms with Crippen molar-refractivity contribution in [1.82, 2.24) is 4.72 Å². The summed E-state index contributed by atoms with van der Waals surface area (Å²) in [6, 6.07) is 3.09. The number of hydrogen-bond acceptors (Lipinski definition) is 4. The van der Waals surface area contributed by atoms with Crippen LogP contribution in [-0.2, 0) is 10.0 Å². The number of sulfonamides is 1. The van der Waals surface area contributed by atoms with E-state index in [2.05, 4.69) is 4.72 Å². The molecule has 2 unspecified atom stereocenters. The predicted octanol–water partition coefficient (Wildman–Crippen LogP) is 1.24. The van der Waals surface area contributed by atoms with Crippen LogP contribution < -0.4 is 10.5 Å². The van der Waals surface area contributed by atoms with Crippen LogP contribution in [0.25, 0.3) is 0 Å². The standard InChI is InChI=1S/C13H19FN2O3S/c14-11-6-5-10(15)7-13(11)20(18,19)16-12-4-2-1-3-9(12)8-17/h5-7,9,12,16-17H,1-4,8,15H2. The van der Waals surface area contributed by atoms with Crippen molar-refractivity contribution in [2.75, 3.05) is 12.3 Å². The fourth-order valence-corrected chi connectivity index (χ4v) is 4.02. The van der Waals surface area contributed by atoms with Crippen LogP contribution in [0.5, 0.6) is 0 Å². The molecule has 1 saturated carbocycles. The molecule has 0 spiro atoms. The lowest BCUT2D eigenvalue weighted by Gasteiger charge is -2.30. The van der Waals surface area contributed by atoms with Crippen LogP contribution in [0.1, 0.15) is 25.7 Å². The maximum absolute atomic E-state index is 13.7. The fraction of sp³-hybridized carbons (Fsp3) is 0.538. The topological polar surface area (TPSA) is 92.4 Å². The average Bonchev–Trinajstić information content (AvgIpc) is 2.41. The number of aliphatic hydroxyl groups excluding tert-OH is 1. The van der Waals surface area contributed by atoms with E-state index in [4.69, 9.17) is 5.73 Å². The molecule has 1 aromatic rings. The molecular formula is C13H19FN2O3S. The zero-order valence-electron chi connectivity index (χ0n) is 11.0. The van der Waals surface area contributed by atoms with Gasteiger partial charge >= 0.3 is 0 Å². The number of aliphatic hydroxyl groups is 1. The van der Waals surface area contributed by atoms with Gasteiger partial charge in [-0.1, -0.05) is 12.8 Å². The second kappa shape index (κ2) is 6.07. The van der Waals surface area contributed by atoms with Crippen LogP contribution in [-0.4, -0.2) is 26.2 Å². The third-order valence-electron chi connectivity index (χ3n) is 3.69. The van der Waals surface area contributed by atoms with Gasteiger partial charge in [0.15, 0.2) is 0 Å². The van der Waals surface area contributed by atoms with Crippen molar-refractivity contribution >= 4 is 15.7 Å². The SMILES string of the molecule is Nc1ccc(F)c(S(=O)(=O)NC2CCCCC2CO)c1. The Hall–Kier alpha value is -1.18. The Morgan fingerprint density at radius 2 is 2.05 bits per heavy atom. The van der Waals surface area contributed by atoms with Gasteiger partial charge in [0.1, 0.15) is 10.7 Å². The number of halogens is 1. The van der Waals surface area contributed by atoms with Gasteiger partial charge in [0.2, 0.25) is 10.0 Å².